The fourth-order valence-electron chi connectivity index (χ4n) is 2.51. The van der Waals surface area contributed by atoms with Crippen molar-refractivity contribution in [3.8, 4) is 11.8 Å². The summed E-state index contributed by atoms with van der Waals surface area (Å²) < 4.78 is 6.75. The summed E-state index contributed by atoms with van der Waals surface area (Å²) in [6.45, 7) is 0.471. The van der Waals surface area contributed by atoms with Gasteiger partial charge in [-0.05, 0) is 76.2 Å². The summed E-state index contributed by atoms with van der Waals surface area (Å²) >= 11 is 8.02. The number of nitrogens with one attached hydrogen (secondary N) is 1. The molecule has 3 aromatic rings. The Kier molecular flexibility index (Phi) is 7.28. The maximum atomic E-state index is 12.4. The van der Waals surface area contributed by atoms with E-state index in [9.17, 15) is 10.1 Å². The largest absolute Gasteiger partial charge is 0.488 e. The summed E-state index contributed by atoms with van der Waals surface area (Å²) in [7, 11) is 0. The molecule has 0 saturated carbocycles. The van der Waals surface area contributed by atoms with Gasteiger partial charge in [0.1, 0.15) is 24.0 Å². The lowest BCUT2D eigenvalue weighted by atomic mass is 10.1. The molecule has 4 nitrogen and oxygen atoms in total. The number of nitriles is 1. The van der Waals surface area contributed by atoms with E-state index >= 15 is 0 Å². The van der Waals surface area contributed by atoms with Crippen molar-refractivity contribution in [1.82, 2.24) is 0 Å². The molecule has 29 heavy (non-hydrogen) atoms. The minimum absolute atomic E-state index is 0.00806. The van der Waals surface area contributed by atoms with Gasteiger partial charge in [-0.15, -0.1) is 0 Å². The Morgan fingerprint density at radius 1 is 1.10 bits per heavy atom. The minimum Gasteiger partial charge on any atom is -0.488 e. The highest BCUT2D eigenvalue weighted by Gasteiger charge is 2.10. The summed E-state index contributed by atoms with van der Waals surface area (Å²) in [5.41, 5.74) is 2.40. The predicted molar refractivity (Wildman–Crippen MR) is 124 cm³/mol. The molecule has 144 valence electrons. The molecule has 0 spiro atoms. The van der Waals surface area contributed by atoms with Crippen LogP contribution in [0, 0.1) is 14.9 Å². The zero-order valence-electron chi connectivity index (χ0n) is 15.2. The molecule has 0 aliphatic carbocycles. The van der Waals surface area contributed by atoms with E-state index in [1.165, 1.54) is 0 Å². The maximum absolute atomic E-state index is 12.4. The first-order chi connectivity index (χ1) is 14.0. The summed E-state index contributed by atoms with van der Waals surface area (Å²) in [6.07, 6.45) is 1.55. The lowest BCUT2D eigenvalue weighted by molar-refractivity contribution is -0.112. The van der Waals surface area contributed by atoms with Crippen molar-refractivity contribution in [2.24, 2.45) is 0 Å². The Hall–Kier alpha value is -2.82. The minimum atomic E-state index is -0.478. The fourth-order valence-corrected chi connectivity index (χ4v) is 3.33. The van der Waals surface area contributed by atoms with Crippen LogP contribution in [-0.2, 0) is 11.4 Å². The standard InChI is InChI=1S/C23H16ClIN2O2/c24-19-7-9-20(10-8-19)27-23(28)18(14-26)12-17-6-11-22(21(25)13-17)29-15-16-4-2-1-3-5-16/h1-13H,15H2,(H,27,28)/b18-12-. The molecule has 0 atom stereocenters. The number of hydrogen-bond donors (Lipinski definition) is 1. The molecule has 0 aliphatic heterocycles. The maximum Gasteiger partial charge on any atom is 0.266 e. The van der Waals surface area contributed by atoms with Crippen molar-refractivity contribution in [2.75, 3.05) is 5.32 Å². The van der Waals surface area contributed by atoms with Gasteiger partial charge in [-0.3, -0.25) is 4.79 Å². The number of nitrogens with zero attached hydrogens (tertiary/aromatic N) is 1. The molecule has 0 radical (unpaired) electrons. The molecule has 0 aromatic heterocycles. The Morgan fingerprint density at radius 2 is 1.83 bits per heavy atom. The third kappa shape index (κ3) is 6.08. The molecular weight excluding hydrogens is 499 g/mol. The van der Waals surface area contributed by atoms with E-state index < -0.39 is 5.91 Å². The van der Waals surface area contributed by atoms with Gasteiger partial charge in [-0.1, -0.05) is 48.0 Å². The summed E-state index contributed by atoms with van der Waals surface area (Å²) in [4.78, 5) is 12.4. The molecule has 0 aliphatic rings. The summed E-state index contributed by atoms with van der Waals surface area (Å²) in [5.74, 6) is 0.268. The Labute approximate surface area is 187 Å². The Balaban J connectivity index is 1.70. The van der Waals surface area contributed by atoms with Crippen molar-refractivity contribution in [1.29, 1.82) is 5.26 Å². The first-order valence-corrected chi connectivity index (χ1v) is 10.2. The lowest BCUT2D eigenvalue weighted by Gasteiger charge is -2.09. The fraction of sp³-hybridized carbons (Fsp3) is 0.0435. The van der Waals surface area contributed by atoms with Crippen LogP contribution in [0.3, 0.4) is 0 Å². The van der Waals surface area contributed by atoms with Crippen molar-refractivity contribution < 1.29 is 9.53 Å². The van der Waals surface area contributed by atoms with Crippen LogP contribution in [0.15, 0.2) is 78.4 Å². The van der Waals surface area contributed by atoms with Crippen LogP contribution in [0.5, 0.6) is 5.75 Å². The average molecular weight is 515 g/mol. The smallest absolute Gasteiger partial charge is 0.266 e. The number of ether oxygens (including phenoxy) is 1. The van der Waals surface area contributed by atoms with Crippen LogP contribution in [0.1, 0.15) is 11.1 Å². The third-order valence-corrected chi connectivity index (χ3v) is 5.07. The van der Waals surface area contributed by atoms with E-state index in [0.29, 0.717) is 17.3 Å². The van der Waals surface area contributed by atoms with Crippen molar-refractivity contribution in [3.63, 3.8) is 0 Å². The zero-order valence-corrected chi connectivity index (χ0v) is 18.1. The molecule has 0 fully saturated rings. The van der Waals surface area contributed by atoms with E-state index in [0.717, 1.165) is 20.4 Å². The molecule has 0 saturated heterocycles. The number of rotatable bonds is 6. The number of carbonyl (C=O) groups is 1. The average Bonchev–Trinajstić information content (AvgIpc) is 2.73. The monoisotopic (exact) mass is 514 g/mol. The van der Waals surface area contributed by atoms with Gasteiger partial charge in [0.15, 0.2) is 0 Å². The number of anilines is 1. The van der Waals surface area contributed by atoms with Gasteiger partial charge >= 0.3 is 0 Å². The van der Waals surface area contributed by atoms with Crippen molar-refractivity contribution in [2.45, 2.75) is 6.61 Å². The van der Waals surface area contributed by atoms with Gasteiger partial charge in [-0.25, -0.2) is 0 Å². The second kappa shape index (κ2) is 10.1. The molecule has 6 heteroatoms. The Morgan fingerprint density at radius 3 is 2.48 bits per heavy atom. The number of carbonyl (C=O) groups excluding carboxylic acids is 1. The molecule has 0 heterocycles. The van der Waals surface area contributed by atoms with Gasteiger partial charge in [0.05, 0.1) is 3.57 Å². The van der Waals surface area contributed by atoms with Crippen molar-refractivity contribution >= 4 is 51.9 Å². The lowest BCUT2D eigenvalue weighted by Crippen LogP contribution is -2.13. The van der Waals surface area contributed by atoms with Crippen LogP contribution in [-0.4, -0.2) is 5.91 Å². The van der Waals surface area contributed by atoms with Crippen LogP contribution in [0.25, 0.3) is 6.08 Å². The van der Waals surface area contributed by atoms with Gasteiger partial charge in [0.25, 0.3) is 5.91 Å². The van der Waals surface area contributed by atoms with Crippen LogP contribution in [0.2, 0.25) is 5.02 Å². The second-order valence-electron chi connectivity index (χ2n) is 6.09. The third-order valence-electron chi connectivity index (χ3n) is 3.97. The van der Waals surface area contributed by atoms with Gasteiger partial charge in [-0.2, -0.15) is 5.26 Å². The van der Waals surface area contributed by atoms with Crippen LogP contribution in [0.4, 0.5) is 5.69 Å². The quantitative estimate of drug-likeness (QED) is 0.247. The highest BCUT2D eigenvalue weighted by Crippen LogP contribution is 2.24. The van der Waals surface area contributed by atoms with E-state index in [1.807, 2.05) is 54.6 Å². The molecule has 0 bridgehead atoms. The van der Waals surface area contributed by atoms with E-state index in [1.54, 1.807) is 30.3 Å². The molecule has 3 aromatic carbocycles. The topological polar surface area (TPSA) is 62.1 Å². The predicted octanol–water partition coefficient (Wildman–Crippen LogP) is 6.07. The first kappa shape index (κ1) is 20.9. The van der Waals surface area contributed by atoms with E-state index in [4.69, 9.17) is 16.3 Å². The molecule has 3 rings (SSSR count). The number of hydrogen-bond acceptors (Lipinski definition) is 3. The molecule has 0 unspecified atom stereocenters. The highest BCUT2D eigenvalue weighted by molar-refractivity contribution is 14.1. The molecule has 1 amide bonds. The van der Waals surface area contributed by atoms with Crippen LogP contribution >= 0.6 is 34.2 Å². The van der Waals surface area contributed by atoms with Gasteiger partial charge in [0, 0.05) is 10.7 Å². The van der Waals surface area contributed by atoms with Crippen LogP contribution < -0.4 is 10.1 Å². The summed E-state index contributed by atoms with van der Waals surface area (Å²) in [6, 6.07) is 24.1. The zero-order chi connectivity index (χ0) is 20.6. The summed E-state index contributed by atoms with van der Waals surface area (Å²) in [5, 5.41) is 12.6. The van der Waals surface area contributed by atoms with E-state index in [-0.39, 0.29) is 5.57 Å². The van der Waals surface area contributed by atoms with E-state index in [2.05, 4.69) is 27.9 Å². The van der Waals surface area contributed by atoms with Gasteiger partial charge in [0.2, 0.25) is 0 Å². The number of benzene rings is 3. The molecule has 1 N–H and O–H groups in total. The number of amides is 1. The van der Waals surface area contributed by atoms with Crippen molar-refractivity contribution in [3.05, 3.63) is 98.1 Å². The highest BCUT2D eigenvalue weighted by atomic mass is 127. The number of halogens is 2. The van der Waals surface area contributed by atoms with Gasteiger partial charge < -0.3 is 10.1 Å². The molecular formula is C23H16ClIN2O2. The first-order valence-electron chi connectivity index (χ1n) is 8.70. The Bertz CT molecular complexity index is 1070. The second-order valence-corrected chi connectivity index (χ2v) is 7.69. The normalized spacial score (nSPS) is 10.9. The SMILES string of the molecule is N#C/C(=C/c1ccc(OCc2ccccc2)c(I)c1)C(=O)Nc1ccc(Cl)cc1.